The van der Waals surface area contributed by atoms with Crippen molar-refractivity contribution in [2.75, 3.05) is 12.4 Å². The van der Waals surface area contributed by atoms with Gasteiger partial charge in [0.05, 0.1) is 18.4 Å². The molecule has 0 aliphatic carbocycles. The minimum Gasteiger partial charge on any atom is -0.481 e. The summed E-state index contributed by atoms with van der Waals surface area (Å²) in [6.07, 6.45) is 0.196. The number of nitrogens with one attached hydrogen (secondary N) is 2. The van der Waals surface area contributed by atoms with Gasteiger partial charge in [-0.1, -0.05) is 11.6 Å². The summed E-state index contributed by atoms with van der Waals surface area (Å²) < 4.78 is 4.64. The zero-order valence-corrected chi connectivity index (χ0v) is 13.9. The molecule has 126 valence electrons. The number of benzene rings is 1. The van der Waals surface area contributed by atoms with Crippen LogP contribution in [0.25, 0.3) is 0 Å². The second-order valence-corrected chi connectivity index (χ2v) is 5.97. The van der Waals surface area contributed by atoms with Crippen LogP contribution in [0.5, 0.6) is 0 Å². The van der Waals surface area contributed by atoms with E-state index in [9.17, 15) is 14.4 Å². The zero-order valence-electron chi connectivity index (χ0n) is 13.1. The van der Waals surface area contributed by atoms with E-state index in [4.69, 9.17) is 16.7 Å². The Bertz CT molecular complexity index is 616. The molecule has 0 fully saturated rings. The molecule has 0 aromatic heterocycles. The standard InChI is InChI=1S/C15H19ClN2O5/c1-15(2,7-6-12(19)20)18-14(22)17-11-5-4-9(16)8-10(11)13(21)23-3/h4-5,8H,6-7H2,1-3H3,(H,19,20)(H2,17,18,22). The third kappa shape index (κ3) is 6.15. The van der Waals surface area contributed by atoms with Crippen LogP contribution in [0.1, 0.15) is 37.0 Å². The van der Waals surface area contributed by atoms with Gasteiger partial charge in [-0.3, -0.25) is 4.79 Å². The maximum atomic E-state index is 12.1. The summed E-state index contributed by atoms with van der Waals surface area (Å²) >= 11 is 5.84. The van der Waals surface area contributed by atoms with Gasteiger partial charge in [-0.2, -0.15) is 0 Å². The number of esters is 1. The number of aliphatic carboxylic acids is 1. The van der Waals surface area contributed by atoms with Gasteiger partial charge in [0.15, 0.2) is 0 Å². The van der Waals surface area contributed by atoms with Gasteiger partial charge in [0.25, 0.3) is 0 Å². The van der Waals surface area contributed by atoms with E-state index in [-0.39, 0.29) is 24.1 Å². The summed E-state index contributed by atoms with van der Waals surface area (Å²) in [6, 6.07) is 3.84. The number of rotatable bonds is 6. The summed E-state index contributed by atoms with van der Waals surface area (Å²) in [6.45, 7) is 3.41. The minimum absolute atomic E-state index is 0.0678. The number of hydrogen-bond acceptors (Lipinski definition) is 4. The number of carboxylic acids is 1. The Kier molecular flexibility index (Phi) is 6.38. The van der Waals surface area contributed by atoms with Crippen molar-refractivity contribution in [1.29, 1.82) is 0 Å². The molecule has 0 aliphatic rings. The fourth-order valence-electron chi connectivity index (χ4n) is 1.85. The maximum absolute atomic E-state index is 12.1. The molecule has 0 heterocycles. The third-order valence-corrected chi connectivity index (χ3v) is 3.29. The molecule has 0 saturated carbocycles. The van der Waals surface area contributed by atoms with Crippen LogP contribution in [0.3, 0.4) is 0 Å². The molecule has 3 N–H and O–H groups in total. The number of carbonyl (C=O) groups excluding carboxylic acids is 2. The quantitative estimate of drug-likeness (QED) is 0.689. The van der Waals surface area contributed by atoms with Crippen molar-refractivity contribution in [3.05, 3.63) is 28.8 Å². The zero-order chi connectivity index (χ0) is 17.6. The van der Waals surface area contributed by atoms with E-state index in [2.05, 4.69) is 15.4 Å². The summed E-state index contributed by atoms with van der Waals surface area (Å²) in [5.74, 6) is -1.57. The molecular weight excluding hydrogens is 324 g/mol. The van der Waals surface area contributed by atoms with Gasteiger partial charge in [-0.25, -0.2) is 9.59 Å². The molecule has 0 spiro atoms. The Morgan fingerprint density at radius 3 is 2.52 bits per heavy atom. The molecular formula is C15H19ClN2O5. The Morgan fingerprint density at radius 2 is 1.96 bits per heavy atom. The Hall–Kier alpha value is -2.28. The first-order chi connectivity index (χ1) is 10.6. The Labute approximate surface area is 139 Å². The van der Waals surface area contributed by atoms with E-state index >= 15 is 0 Å². The van der Waals surface area contributed by atoms with E-state index in [0.717, 1.165) is 0 Å². The average Bonchev–Trinajstić information content (AvgIpc) is 2.45. The van der Waals surface area contributed by atoms with Crippen LogP contribution in [0, 0.1) is 0 Å². The van der Waals surface area contributed by atoms with Crippen molar-refractivity contribution in [2.45, 2.75) is 32.2 Å². The fraction of sp³-hybridized carbons (Fsp3) is 0.400. The van der Waals surface area contributed by atoms with Gasteiger partial charge in [0.1, 0.15) is 0 Å². The number of carboxylic acid groups (broad SMARTS) is 1. The molecule has 1 aromatic rings. The first-order valence-corrected chi connectivity index (χ1v) is 7.21. The molecule has 0 bridgehead atoms. The van der Waals surface area contributed by atoms with Crippen LogP contribution in [0.4, 0.5) is 10.5 Å². The SMILES string of the molecule is COC(=O)c1cc(Cl)ccc1NC(=O)NC(C)(C)CCC(=O)O. The van der Waals surface area contributed by atoms with Crippen molar-refractivity contribution in [1.82, 2.24) is 5.32 Å². The van der Waals surface area contributed by atoms with Crippen LogP contribution in [-0.4, -0.2) is 35.7 Å². The fourth-order valence-corrected chi connectivity index (χ4v) is 2.02. The lowest BCUT2D eigenvalue weighted by molar-refractivity contribution is -0.137. The second kappa shape index (κ2) is 7.82. The molecule has 0 aliphatic heterocycles. The predicted molar refractivity (Wildman–Crippen MR) is 85.9 cm³/mol. The number of urea groups is 1. The topological polar surface area (TPSA) is 105 Å². The lowest BCUT2D eigenvalue weighted by Gasteiger charge is -2.26. The highest BCUT2D eigenvalue weighted by Crippen LogP contribution is 2.22. The van der Waals surface area contributed by atoms with E-state index < -0.39 is 23.5 Å². The smallest absolute Gasteiger partial charge is 0.340 e. The van der Waals surface area contributed by atoms with Crippen molar-refractivity contribution < 1.29 is 24.2 Å². The van der Waals surface area contributed by atoms with E-state index in [1.807, 2.05) is 0 Å². The number of amides is 2. The minimum atomic E-state index is -0.939. The van der Waals surface area contributed by atoms with Gasteiger partial charge < -0.3 is 20.5 Å². The number of ether oxygens (including phenoxy) is 1. The van der Waals surface area contributed by atoms with Crippen LogP contribution in [-0.2, 0) is 9.53 Å². The molecule has 23 heavy (non-hydrogen) atoms. The molecule has 2 amide bonds. The number of methoxy groups -OCH3 is 1. The molecule has 0 atom stereocenters. The monoisotopic (exact) mass is 342 g/mol. The maximum Gasteiger partial charge on any atom is 0.340 e. The lowest BCUT2D eigenvalue weighted by Crippen LogP contribution is -2.46. The van der Waals surface area contributed by atoms with Gasteiger partial charge in [0, 0.05) is 17.0 Å². The van der Waals surface area contributed by atoms with Crippen LogP contribution in [0.2, 0.25) is 5.02 Å². The average molecular weight is 343 g/mol. The Morgan fingerprint density at radius 1 is 1.30 bits per heavy atom. The van der Waals surface area contributed by atoms with Gasteiger partial charge in [-0.15, -0.1) is 0 Å². The molecule has 8 heteroatoms. The van der Waals surface area contributed by atoms with Gasteiger partial charge >= 0.3 is 18.0 Å². The van der Waals surface area contributed by atoms with Gasteiger partial charge in [0.2, 0.25) is 0 Å². The molecule has 0 unspecified atom stereocenters. The molecule has 1 rings (SSSR count). The summed E-state index contributed by atoms with van der Waals surface area (Å²) in [7, 11) is 1.22. The van der Waals surface area contributed by atoms with Crippen molar-refractivity contribution in [3.63, 3.8) is 0 Å². The predicted octanol–water partition coefficient (Wildman–Crippen LogP) is 2.89. The highest BCUT2D eigenvalue weighted by molar-refractivity contribution is 6.31. The van der Waals surface area contributed by atoms with Crippen LogP contribution in [0.15, 0.2) is 18.2 Å². The third-order valence-electron chi connectivity index (χ3n) is 3.05. The van der Waals surface area contributed by atoms with Crippen LogP contribution >= 0.6 is 11.6 Å². The molecule has 1 aromatic carbocycles. The first kappa shape index (κ1) is 18.8. The summed E-state index contributed by atoms with van der Waals surface area (Å²) in [5, 5.41) is 14.2. The number of carbonyl (C=O) groups is 3. The second-order valence-electron chi connectivity index (χ2n) is 5.54. The first-order valence-electron chi connectivity index (χ1n) is 6.83. The van der Waals surface area contributed by atoms with E-state index in [1.165, 1.54) is 25.3 Å². The normalized spacial score (nSPS) is 10.8. The highest BCUT2D eigenvalue weighted by atomic mass is 35.5. The molecule has 0 saturated heterocycles. The van der Waals surface area contributed by atoms with Crippen molar-refractivity contribution in [3.8, 4) is 0 Å². The number of hydrogen-bond donors (Lipinski definition) is 3. The van der Waals surface area contributed by atoms with Crippen molar-refractivity contribution >= 4 is 35.3 Å². The molecule has 0 radical (unpaired) electrons. The Balaban J connectivity index is 2.81. The summed E-state index contributed by atoms with van der Waals surface area (Å²) in [4.78, 5) is 34.4. The van der Waals surface area contributed by atoms with Crippen molar-refractivity contribution in [2.24, 2.45) is 0 Å². The van der Waals surface area contributed by atoms with E-state index in [0.29, 0.717) is 5.02 Å². The number of halogens is 1. The summed E-state index contributed by atoms with van der Waals surface area (Å²) in [5.41, 5.74) is -0.355. The largest absolute Gasteiger partial charge is 0.481 e. The number of anilines is 1. The van der Waals surface area contributed by atoms with Crippen LogP contribution < -0.4 is 10.6 Å². The van der Waals surface area contributed by atoms with Gasteiger partial charge in [-0.05, 0) is 38.5 Å². The lowest BCUT2D eigenvalue weighted by atomic mass is 9.99. The highest BCUT2D eigenvalue weighted by Gasteiger charge is 2.22. The van der Waals surface area contributed by atoms with E-state index in [1.54, 1.807) is 13.8 Å². The molecule has 7 nitrogen and oxygen atoms in total.